The fourth-order valence-electron chi connectivity index (χ4n) is 0. The summed E-state index contributed by atoms with van der Waals surface area (Å²) in [5, 5.41) is 0. The molecule has 0 aliphatic heterocycles. The molecule has 0 aromatic heterocycles. The van der Waals surface area contributed by atoms with Crippen LogP contribution in [-0.2, 0) is 0 Å². The fraction of sp³-hybridized carbons (Fsp3) is 0. The summed E-state index contributed by atoms with van der Waals surface area (Å²) in [5.74, 6) is 0. The summed E-state index contributed by atoms with van der Waals surface area (Å²) in [6.07, 6.45) is 0. The molecule has 5 heteroatoms. The Kier molecular flexibility index (Phi) is 175. The topological polar surface area (TPSA) is 31.5 Å². The Morgan fingerprint density at radius 2 is 1.00 bits per heavy atom. The average molecular weight is 346 g/mol. The molecule has 0 bridgehead atoms. The van der Waals surface area contributed by atoms with Crippen molar-refractivity contribution in [1.82, 2.24) is 0 Å². The molecule has 0 heterocycles. The molecule has 1 radical (unpaired) electrons. The second-order valence-corrected chi connectivity index (χ2v) is 0. The predicted octanol–water partition coefficient (Wildman–Crippen LogP) is -3.84. The van der Waals surface area contributed by atoms with Gasteiger partial charge in [-0.1, -0.05) is 0 Å². The van der Waals surface area contributed by atoms with Crippen LogP contribution >= 0.6 is 0 Å². The molecule has 0 unspecified atom stereocenters. The Labute approximate surface area is 126 Å². The van der Waals surface area contributed by atoms with E-state index in [1.807, 2.05) is 0 Å². The van der Waals surface area contributed by atoms with E-state index < -0.39 is 0 Å². The molecule has 0 aromatic rings. The van der Waals surface area contributed by atoms with Crippen LogP contribution in [0.4, 0.5) is 0 Å². The SMILES string of the molecule is O.[GaH3].[La].[MgH2].[SrH2]. The van der Waals surface area contributed by atoms with Crippen LogP contribution in [0.1, 0.15) is 0 Å². The molecule has 25 valence electrons. The summed E-state index contributed by atoms with van der Waals surface area (Å²) >= 11 is 0. The molecule has 5 heavy (non-hydrogen) atoms. The third-order valence-electron chi connectivity index (χ3n) is 0. The second kappa shape index (κ2) is 24.4. The first kappa shape index (κ1) is 35.8. The van der Waals surface area contributed by atoms with Gasteiger partial charge in [-0.05, 0) is 0 Å². The van der Waals surface area contributed by atoms with Gasteiger partial charge in [-0.2, -0.15) is 0 Å². The van der Waals surface area contributed by atoms with Crippen molar-refractivity contribution < 1.29 is 41.1 Å². The minimum atomic E-state index is 0. The van der Waals surface area contributed by atoms with Crippen molar-refractivity contribution in [3.63, 3.8) is 0 Å². The fourth-order valence-corrected chi connectivity index (χ4v) is 0. The van der Waals surface area contributed by atoms with E-state index in [9.17, 15) is 0 Å². The molecular formula is H9GaLaMgOSr. The molecule has 0 amide bonds. The molecule has 2 N–H and O–H groups in total. The summed E-state index contributed by atoms with van der Waals surface area (Å²) in [6, 6.07) is 0. The van der Waals surface area contributed by atoms with Crippen LogP contribution in [-0.4, -0.2) is 93.8 Å². The summed E-state index contributed by atoms with van der Waals surface area (Å²) in [5.41, 5.74) is 0. The van der Waals surface area contributed by atoms with Gasteiger partial charge < -0.3 is 5.48 Å². The van der Waals surface area contributed by atoms with Crippen molar-refractivity contribution in [3.05, 3.63) is 0 Å². The molecule has 0 aromatic carbocycles. The summed E-state index contributed by atoms with van der Waals surface area (Å²) in [7, 11) is 0. The van der Waals surface area contributed by atoms with Gasteiger partial charge in [0.25, 0.3) is 0 Å². The Balaban J connectivity index is 0. The van der Waals surface area contributed by atoms with Gasteiger partial charge in [0.05, 0.1) is 0 Å². The first-order chi connectivity index (χ1) is 0. The van der Waals surface area contributed by atoms with Gasteiger partial charge >= 0.3 is 88.3 Å². The zero-order valence-electron chi connectivity index (χ0n) is 1.08. The Bertz CT molecular complexity index is 11.6. The van der Waals surface area contributed by atoms with E-state index >= 15 is 0 Å². The van der Waals surface area contributed by atoms with Crippen LogP contribution in [0.2, 0.25) is 0 Å². The van der Waals surface area contributed by atoms with E-state index in [-0.39, 0.29) is 129 Å². The average Bonchev–Trinajstić information content (AvgIpc) is 0. The molecule has 0 rings (SSSR count). The zero-order valence-corrected chi connectivity index (χ0v) is 4.70. The van der Waals surface area contributed by atoms with Gasteiger partial charge in [-0.25, -0.2) is 0 Å². The second-order valence-electron chi connectivity index (χ2n) is 0. The van der Waals surface area contributed by atoms with Crippen molar-refractivity contribution in [2.45, 2.75) is 0 Å². The molecule has 1 nitrogen and oxygen atoms in total. The molecule has 0 saturated heterocycles. The van der Waals surface area contributed by atoms with E-state index in [0.717, 1.165) is 0 Å². The van der Waals surface area contributed by atoms with Crippen LogP contribution in [0, 0.1) is 35.6 Å². The minimum absolute atomic E-state index is 0. The Morgan fingerprint density at radius 3 is 1.00 bits per heavy atom. The standard InChI is InChI=1S/Ga.La.Mg.H2O.Sr.7H/h;;;1H2;;;;;;;;. The van der Waals surface area contributed by atoms with Crippen LogP contribution < -0.4 is 0 Å². The van der Waals surface area contributed by atoms with E-state index in [4.69, 9.17) is 0 Å². The Morgan fingerprint density at radius 1 is 1.00 bits per heavy atom. The first-order valence-electron chi connectivity index (χ1n) is 0. The molecule has 0 aliphatic carbocycles. The van der Waals surface area contributed by atoms with Crippen LogP contribution in [0.15, 0.2) is 0 Å². The Hall–Kier alpha value is 4.04. The van der Waals surface area contributed by atoms with Crippen molar-refractivity contribution in [2.24, 2.45) is 0 Å². The number of hydrogen-bond acceptors (Lipinski definition) is 0. The zero-order chi connectivity index (χ0) is 0. The third-order valence-corrected chi connectivity index (χ3v) is 0. The van der Waals surface area contributed by atoms with E-state index in [0.29, 0.717) is 0 Å². The van der Waals surface area contributed by atoms with Gasteiger partial charge in [-0.15, -0.1) is 0 Å². The van der Waals surface area contributed by atoms with Crippen molar-refractivity contribution in [2.75, 3.05) is 0 Å². The van der Waals surface area contributed by atoms with Gasteiger partial charge in [0, 0.05) is 35.6 Å². The summed E-state index contributed by atoms with van der Waals surface area (Å²) in [4.78, 5) is 0. The van der Waals surface area contributed by atoms with Crippen LogP contribution in [0.5, 0.6) is 0 Å². The van der Waals surface area contributed by atoms with Gasteiger partial charge in [-0.3, -0.25) is 0 Å². The maximum atomic E-state index is 0. The molecule has 0 fully saturated rings. The third kappa shape index (κ3) is 18.0. The monoisotopic (exact) mass is 345 g/mol. The van der Waals surface area contributed by atoms with Crippen molar-refractivity contribution in [1.29, 1.82) is 0 Å². The number of hydrogen-bond donors (Lipinski definition) is 0. The molecule has 0 atom stereocenters. The quantitative estimate of drug-likeness (QED) is 0.403. The summed E-state index contributed by atoms with van der Waals surface area (Å²) in [6.45, 7) is 0. The normalized spacial score (nSPS) is 0. The van der Waals surface area contributed by atoms with E-state index in [1.165, 1.54) is 0 Å². The molecule has 0 aliphatic rings. The first-order valence-corrected chi connectivity index (χ1v) is 0. The number of rotatable bonds is 0. The molecule has 0 spiro atoms. The van der Waals surface area contributed by atoms with Crippen molar-refractivity contribution in [3.8, 4) is 0 Å². The van der Waals surface area contributed by atoms with E-state index in [1.54, 1.807) is 0 Å². The van der Waals surface area contributed by atoms with E-state index in [2.05, 4.69) is 0 Å². The van der Waals surface area contributed by atoms with Gasteiger partial charge in [0.15, 0.2) is 0 Å². The predicted molar refractivity (Wildman–Crippen MR) is 30.6 cm³/mol. The summed E-state index contributed by atoms with van der Waals surface area (Å²) < 4.78 is 0. The van der Waals surface area contributed by atoms with Crippen LogP contribution in [0.25, 0.3) is 0 Å². The van der Waals surface area contributed by atoms with Gasteiger partial charge in [0.2, 0.25) is 0 Å². The molecule has 0 saturated carbocycles. The maximum absolute atomic E-state index is 0. The van der Waals surface area contributed by atoms with Gasteiger partial charge in [0.1, 0.15) is 0 Å². The van der Waals surface area contributed by atoms with Crippen LogP contribution in [0.3, 0.4) is 0 Å². The molecular weight excluding hydrogens is 337 g/mol. The van der Waals surface area contributed by atoms with Crippen molar-refractivity contribution >= 4 is 88.3 Å².